The van der Waals surface area contributed by atoms with Crippen LogP contribution in [0.3, 0.4) is 0 Å². The van der Waals surface area contributed by atoms with Crippen molar-refractivity contribution in [2.75, 3.05) is 24.6 Å². The Morgan fingerprint density at radius 3 is 1.38 bits per heavy atom. The lowest BCUT2D eigenvalue weighted by atomic mass is 10.0. The van der Waals surface area contributed by atoms with Crippen LogP contribution in [-0.2, 0) is 60.8 Å². The Morgan fingerprint density at radius 2 is 0.924 bits per heavy atom. The molecular formula is C51H85N15O11S2. The summed E-state index contributed by atoms with van der Waals surface area (Å²) in [4.78, 5) is 142. The Balaban J connectivity index is 2.21. The smallest absolute Gasteiger partial charge is 0.244 e. The second kappa shape index (κ2) is 35.9. The molecule has 1 aromatic heterocycles. The van der Waals surface area contributed by atoms with Gasteiger partial charge in [-0.2, -0.15) is 25.3 Å². The van der Waals surface area contributed by atoms with Crippen LogP contribution in [0, 0.1) is 11.8 Å². The fraction of sp³-hybridized carbons (Fsp3) is 0.627. The Bertz CT molecular complexity index is 2300. The van der Waals surface area contributed by atoms with Gasteiger partial charge in [0.15, 0.2) is 0 Å². The Morgan fingerprint density at radius 1 is 0.519 bits per heavy atom. The molecule has 0 aliphatic rings. The first-order valence-corrected chi connectivity index (χ1v) is 27.8. The number of phenols is 1. The van der Waals surface area contributed by atoms with Crippen molar-refractivity contribution in [1.82, 2.24) is 57.8 Å². The van der Waals surface area contributed by atoms with E-state index < -0.39 is 119 Å². The van der Waals surface area contributed by atoms with Gasteiger partial charge in [0.1, 0.15) is 60.1 Å². The van der Waals surface area contributed by atoms with E-state index in [9.17, 15) is 53.1 Å². The van der Waals surface area contributed by atoms with Crippen molar-refractivity contribution >= 4 is 84.3 Å². The molecule has 0 bridgehead atoms. The van der Waals surface area contributed by atoms with Crippen molar-refractivity contribution < 1.29 is 53.1 Å². The minimum atomic E-state index is -1.26. The lowest BCUT2D eigenvalue weighted by Crippen LogP contribution is -2.60. The third-order valence-electron chi connectivity index (χ3n) is 12.3. The van der Waals surface area contributed by atoms with Crippen LogP contribution < -0.4 is 70.8 Å². The highest BCUT2D eigenvalue weighted by molar-refractivity contribution is 7.80. The van der Waals surface area contributed by atoms with E-state index in [4.69, 9.17) is 22.9 Å². The largest absolute Gasteiger partial charge is 0.508 e. The molecule has 0 saturated carbocycles. The summed E-state index contributed by atoms with van der Waals surface area (Å²) in [6, 6.07) is -6.05. The number of nitrogens with zero attached hydrogens (tertiary/aromatic N) is 1. The molecule has 2 aromatic rings. The number of carbonyl (C=O) groups excluding carboxylic acids is 10. The summed E-state index contributed by atoms with van der Waals surface area (Å²) >= 11 is 8.30. The monoisotopic (exact) mass is 1150 g/mol. The number of phenolic OH excluding ortho intramolecular Hbond substituents is 1. The summed E-state index contributed by atoms with van der Waals surface area (Å²) in [5.74, 6) is -7.96. The van der Waals surface area contributed by atoms with Crippen LogP contribution in [0.5, 0.6) is 5.75 Å². The summed E-state index contributed by atoms with van der Waals surface area (Å²) < 4.78 is 0. The SMILES string of the molecule is CC(C)C[C@H](NC(=O)[C@H](C)NC(=O)[C@H](C)NC(=O)[C@H](CCCCN)NC(=O)[C@H](CC(C)C)NC(=O)[C@H](CCCCN)NC(=O)[C@H](Cc1cnc[nH]1)NC(=O)[C@@H](N)CS)C(=O)N[C@@H](CS)C(=O)N[C@@H](Cc1ccc(O)cc1)C(N)=O. The van der Waals surface area contributed by atoms with E-state index in [1.54, 1.807) is 26.0 Å². The first-order chi connectivity index (χ1) is 37.3. The van der Waals surface area contributed by atoms with Gasteiger partial charge in [0, 0.05) is 36.2 Å². The maximum Gasteiger partial charge on any atom is 0.244 e. The van der Waals surface area contributed by atoms with E-state index in [0.29, 0.717) is 43.5 Å². The number of hydrogen-bond acceptors (Lipinski definition) is 17. The predicted octanol–water partition coefficient (Wildman–Crippen LogP) is -2.67. The number of aromatic hydroxyl groups is 1. The van der Waals surface area contributed by atoms with Crippen LogP contribution in [0.2, 0.25) is 0 Å². The number of carbonyl (C=O) groups is 10. The molecule has 2 rings (SSSR count). The minimum Gasteiger partial charge on any atom is -0.508 e. The molecule has 442 valence electrons. The number of hydrogen-bond donors (Lipinski definition) is 17. The van der Waals surface area contributed by atoms with Gasteiger partial charge in [-0.1, -0.05) is 39.8 Å². The summed E-state index contributed by atoms with van der Waals surface area (Å²) in [5, 5.41) is 33.2. The number of aromatic amines is 1. The second-order valence-electron chi connectivity index (χ2n) is 20.2. The number of imidazole rings is 1. The van der Waals surface area contributed by atoms with Crippen molar-refractivity contribution in [1.29, 1.82) is 0 Å². The highest BCUT2D eigenvalue weighted by Crippen LogP contribution is 2.14. The molecule has 0 fully saturated rings. The zero-order valence-corrected chi connectivity index (χ0v) is 47.8. The number of thiol groups is 2. The van der Waals surface area contributed by atoms with E-state index in [1.807, 2.05) is 13.8 Å². The molecule has 0 spiro atoms. The number of nitrogens with two attached hydrogens (primary N) is 4. The average molecular weight is 1150 g/mol. The third kappa shape index (κ3) is 25.5. The van der Waals surface area contributed by atoms with Crippen molar-refractivity contribution in [2.45, 2.75) is 166 Å². The molecule has 0 unspecified atom stereocenters. The van der Waals surface area contributed by atoms with Crippen LogP contribution >= 0.6 is 25.3 Å². The highest BCUT2D eigenvalue weighted by Gasteiger charge is 2.35. The molecule has 19 N–H and O–H groups in total. The van der Waals surface area contributed by atoms with Gasteiger partial charge in [-0.15, -0.1) is 0 Å². The van der Waals surface area contributed by atoms with Crippen molar-refractivity contribution in [2.24, 2.45) is 34.8 Å². The first kappa shape index (κ1) is 68.6. The summed E-state index contributed by atoms with van der Waals surface area (Å²) in [5.41, 5.74) is 24.0. The molecular weight excluding hydrogens is 1060 g/mol. The maximum atomic E-state index is 14.1. The van der Waals surface area contributed by atoms with Crippen LogP contribution in [-0.4, -0.2) is 159 Å². The number of H-pyrrole nitrogens is 1. The van der Waals surface area contributed by atoms with Crippen LogP contribution in [0.4, 0.5) is 0 Å². The van der Waals surface area contributed by atoms with E-state index in [1.165, 1.54) is 38.5 Å². The van der Waals surface area contributed by atoms with Crippen molar-refractivity contribution in [3.8, 4) is 5.75 Å². The summed E-state index contributed by atoms with van der Waals surface area (Å²) in [7, 11) is 0. The topological polar surface area (TPSA) is 432 Å². The molecule has 10 amide bonds. The lowest BCUT2D eigenvalue weighted by molar-refractivity contribution is -0.136. The quantitative estimate of drug-likeness (QED) is 0.0242. The molecule has 26 nitrogen and oxygen atoms in total. The number of rotatable bonds is 37. The van der Waals surface area contributed by atoms with Crippen LogP contribution in [0.15, 0.2) is 36.8 Å². The number of amides is 10. The molecule has 28 heteroatoms. The number of primary amides is 1. The van der Waals surface area contributed by atoms with Gasteiger partial charge in [0.05, 0.1) is 12.4 Å². The number of nitrogens with one attached hydrogen (secondary N) is 10. The summed E-state index contributed by atoms with van der Waals surface area (Å²) in [6.45, 7) is 10.6. The molecule has 0 aliphatic carbocycles. The van der Waals surface area contributed by atoms with Crippen molar-refractivity contribution in [3.05, 3.63) is 48.0 Å². The average Bonchev–Trinajstić information content (AvgIpc) is 3.91. The molecule has 79 heavy (non-hydrogen) atoms. The Kier molecular flexibility index (Phi) is 31.2. The molecule has 10 atom stereocenters. The Hall–Kier alpha value is -6.49. The molecule has 0 saturated heterocycles. The van der Waals surface area contributed by atoms with Gasteiger partial charge in [-0.3, -0.25) is 47.9 Å². The third-order valence-corrected chi connectivity index (χ3v) is 13.1. The zero-order valence-electron chi connectivity index (χ0n) is 46.0. The van der Waals surface area contributed by atoms with Crippen LogP contribution in [0.25, 0.3) is 0 Å². The predicted molar refractivity (Wildman–Crippen MR) is 302 cm³/mol. The Labute approximate surface area is 472 Å². The standard InChI is InChI=1S/C51H85N15O11S2/c1-27(2)19-38(49(75)66-41(25-79)51(77)62-37(42(55)68)21-31-13-15-33(67)16-14-31)63-44(70)30(6)58-43(69)29(5)59-46(72)35(11-7-9-17-52)60-48(74)39(20-28(3)4)65-47(73)36(12-8-10-18-53)61-50(76)40(22-32-23-56-26-57-32)64-45(71)34(54)24-78/h13-16,23,26-30,34-41,67,78-79H,7-12,17-22,24-25,52-54H2,1-6H3,(H2,55,68)(H,56,57)(H,58,69)(H,59,72)(H,60,74)(H,61,76)(H,62,77)(H,63,70)(H,64,71)(H,65,73)(H,66,75)/t29-,30-,34-,35-,36-,37-,38-,39-,40-,41-/m0/s1. The number of unbranched alkanes of at least 4 members (excludes halogenated alkanes) is 2. The normalized spacial score (nSPS) is 15.1. The van der Waals surface area contributed by atoms with E-state index in [-0.39, 0.29) is 74.2 Å². The van der Waals surface area contributed by atoms with E-state index in [2.05, 4.69) is 83.1 Å². The number of benzene rings is 1. The molecule has 1 aromatic carbocycles. The first-order valence-electron chi connectivity index (χ1n) is 26.5. The fourth-order valence-corrected chi connectivity index (χ4v) is 8.27. The van der Waals surface area contributed by atoms with Gasteiger partial charge in [-0.05, 0) is 108 Å². The van der Waals surface area contributed by atoms with Gasteiger partial charge in [-0.25, -0.2) is 4.98 Å². The lowest BCUT2D eigenvalue weighted by Gasteiger charge is -2.28. The molecule has 0 aliphatic heterocycles. The molecule has 0 radical (unpaired) electrons. The zero-order chi connectivity index (χ0) is 59.4. The second-order valence-corrected chi connectivity index (χ2v) is 21.0. The van der Waals surface area contributed by atoms with E-state index in [0.717, 1.165) is 0 Å². The van der Waals surface area contributed by atoms with Gasteiger partial charge in [0.2, 0.25) is 59.1 Å². The van der Waals surface area contributed by atoms with Gasteiger partial charge in [0.25, 0.3) is 0 Å². The maximum absolute atomic E-state index is 14.1. The molecule has 1 heterocycles. The minimum absolute atomic E-state index is 0.00234. The fourth-order valence-electron chi connectivity index (χ4n) is 7.84. The van der Waals surface area contributed by atoms with Crippen LogP contribution in [0.1, 0.15) is 104 Å². The van der Waals surface area contributed by atoms with Gasteiger partial charge >= 0.3 is 0 Å². The van der Waals surface area contributed by atoms with Crippen molar-refractivity contribution in [3.63, 3.8) is 0 Å². The summed E-state index contributed by atoms with van der Waals surface area (Å²) in [6.07, 6.45) is 5.08. The van der Waals surface area contributed by atoms with E-state index >= 15 is 0 Å². The number of aromatic nitrogens is 2. The highest BCUT2D eigenvalue weighted by atomic mass is 32.1. The van der Waals surface area contributed by atoms with Gasteiger partial charge < -0.3 is 80.9 Å².